The summed E-state index contributed by atoms with van der Waals surface area (Å²) in [7, 11) is -2.16. The van der Waals surface area contributed by atoms with Gasteiger partial charge in [0.1, 0.15) is 5.60 Å². The maximum Gasteiger partial charge on any atom is 0.414 e. The molecule has 28 heavy (non-hydrogen) atoms. The van der Waals surface area contributed by atoms with Crippen molar-refractivity contribution in [3.63, 3.8) is 0 Å². The third-order valence-corrected chi connectivity index (χ3v) is 5.23. The molecule has 0 unspecified atom stereocenters. The number of hydrogen-bond acceptors (Lipinski definition) is 5. The second-order valence-corrected chi connectivity index (χ2v) is 9.16. The number of benzene rings is 2. The Balaban J connectivity index is 1.99. The highest BCUT2D eigenvalue weighted by molar-refractivity contribution is 7.86. The standard InChI is InChI=1S/C21H27NO5S/c1-16-9-11-19(12-10-16)28(24,25)26-14-13-17-7-6-8-18(15-17)22(5)20(23)27-21(2,3)4/h6-12,15H,13-14H2,1-5H3. The molecule has 0 aliphatic rings. The Labute approximate surface area is 167 Å². The van der Waals surface area contributed by atoms with Crippen molar-refractivity contribution in [3.05, 3.63) is 59.7 Å². The average Bonchev–Trinajstić information content (AvgIpc) is 2.60. The van der Waals surface area contributed by atoms with Crippen LogP contribution in [0.25, 0.3) is 0 Å². The van der Waals surface area contributed by atoms with E-state index in [0.29, 0.717) is 12.1 Å². The molecule has 0 heterocycles. The third kappa shape index (κ3) is 6.35. The molecule has 1 amide bonds. The van der Waals surface area contributed by atoms with Crippen LogP contribution in [0, 0.1) is 6.92 Å². The van der Waals surface area contributed by atoms with Gasteiger partial charge in [0.25, 0.3) is 10.1 Å². The van der Waals surface area contributed by atoms with E-state index < -0.39 is 21.8 Å². The highest BCUT2D eigenvalue weighted by Gasteiger charge is 2.21. The van der Waals surface area contributed by atoms with Crippen LogP contribution in [0.1, 0.15) is 31.9 Å². The molecule has 2 aromatic rings. The number of hydrogen-bond donors (Lipinski definition) is 0. The van der Waals surface area contributed by atoms with E-state index in [0.717, 1.165) is 11.1 Å². The quantitative estimate of drug-likeness (QED) is 0.670. The van der Waals surface area contributed by atoms with Gasteiger partial charge in [-0.1, -0.05) is 29.8 Å². The number of anilines is 1. The van der Waals surface area contributed by atoms with Gasteiger partial charge in [-0.05, 0) is 63.9 Å². The Bertz CT molecular complexity index is 915. The number of carbonyl (C=O) groups is 1. The lowest BCUT2D eigenvalue weighted by Crippen LogP contribution is -2.34. The van der Waals surface area contributed by atoms with Crippen molar-refractivity contribution in [2.75, 3.05) is 18.6 Å². The van der Waals surface area contributed by atoms with E-state index in [-0.39, 0.29) is 11.5 Å². The molecule has 0 saturated heterocycles. The zero-order valence-corrected chi connectivity index (χ0v) is 17.7. The monoisotopic (exact) mass is 405 g/mol. The molecule has 0 N–H and O–H groups in total. The van der Waals surface area contributed by atoms with Crippen molar-refractivity contribution in [1.29, 1.82) is 0 Å². The summed E-state index contributed by atoms with van der Waals surface area (Å²) in [4.78, 5) is 13.7. The van der Waals surface area contributed by atoms with Crippen molar-refractivity contribution in [3.8, 4) is 0 Å². The lowest BCUT2D eigenvalue weighted by molar-refractivity contribution is 0.0589. The zero-order chi connectivity index (χ0) is 20.9. The van der Waals surface area contributed by atoms with E-state index in [2.05, 4.69) is 0 Å². The molecule has 6 nitrogen and oxygen atoms in total. The number of rotatable bonds is 6. The van der Waals surface area contributed by atoms with E-state index in [1.54, 1.807) is 52.1 Å². The number of amides is 1. The van der Waals surface area contributed by atoms with Gasteiger partial charge in [0, 0.05) is 12.7 Å². The van der Waals surface area contributed by atoms with Gasteiger partial charge in [0.2, 0.25) is 0 Å². The van der Waals surface area contributed by atoms with E-state index in [9.17, 15) is 13.2 Å². The molecule has 7 heteroatoms. The van der Waals surface area contributed by atoms with Crippen molar-refractivity contribution in [2.24, 2.45) is 0 Å². The van der Waals surface area contributed by atoms with Crippen LogP contribution in [-0.4, -0.2) is 33.8 Å². The zero-order valence-electron chi connectivity index (χ0n) is 16.9. The molecule has 152 valence electrons. The molecule has 0 bridgehead atoms. The summed E-state index contributed by atoms with van der Waals surface area (Å²) in [5.74, 6) is 0. The fourth-order valence-corrected chi connectivity index (χ4v) is 3.31. The van der Waals surface area contributed by atoms with Crippen LogP contribution < -0.4 is 4.90 Å². The molecule has 0 aromatic heterocycles. The summed E-state index contributed by atoms with van der Waals surface area (Å²) in [6, 6.07) is 13.8. The van der Waals surface area contributed by atoms with Gasteiger partial charge in [-0.2, -0.15) is 8.42 Å². The summed E-state index contributed by atoms with van der Waals surface area (Å²) >= 11 is 0. The fraction of sp³-hybridized carbons (Fsp3) is 0.381. The Hall–Kier alpha value is -2.38. The Morgan fingerprint density at radius 2 is 1.71 bits per heavy atom. The van der Waals surface area contributed by atoms with E-state index in [1.165, 1.54) is 17.0 Å². The molecule has 0 fully saturated rings. The lowest BCUT2D eigenvalue weighted by atomic mass is 10.1. The number of aryl methyl sites for hydroxylation is 1. The Morgan fingerprint density at radius 1 is 1.07 bits per heavy atom. The van der Waals surface area contributed by atoms with E-state index in [4.69, 9.17) is 8.92 Å². The van der Waals surface area contributed by atoms with Crippen LogP contribution in [0.15, 0.2) is 53.4 Å². The van der Waals surface area contributed by atoms with Gasteiger partial charge in [-0.15, -0.1) is 0 Å². The lowest BCUT2D eigenvalue weighted by Gasteiger charge is -2.25. The molecule has 0 radical (unpaired) electrons. The predicted molar refractivity (Wildman–Crippen MR) is 109 cm³/mol. The van der Waals surface area contributed by atoms with Gasteiger partial charge in [0.15, 0.2) is 0 Å². The highest BCUT2D eigenvalue weighted by Crippen LogP contribution is 2.19. The second kappa shape index (κ2) is 8.75. The highest BCUT2D eigenvalue weighted by atomic mass is 32.2. The first-order valence-corrected chi connectivity index (χ1v) is 10.4. The van der Waals surface area contributed by atoms with Crippen molar-refractivity contribution in [2.45, 2.75) is 44.6 Å². The molecular formula is C21H27NO5S. The van der Waals surface area contributed by atoms with Crippen LogP contribution >= 0.6 is 0 Å². The number of nitrogens with zero attached hydrogens (tertiary/aromatic N) is 1. The first-order valence-electron chi connectivity index (χ1n) is 9.00. The van der Waals surface area contributed by atoms with Crippen LogP contribution in [0.2, 0.25) is 0 Å². The first-order chi connectivity index (χ1) is 13.0. The smallest absolute Gasteiger partial charge is 0.414 e. The van der Waals surface area contributed by atoms with E-state index >= 15 is 0 Å². The topological polar surface area (TPSA) is 72.9 Å². The van der Waals surface area contributed by atoms with Crippen molar-refractivity contribution in [1.82, 2.24) is 0 Å². The minimum absolute atomic E-state index is 0.00974. The maximum atomic E-state index is 12.2. The molecule has 0 atom stereocenters. The van der Waals surface area contributed by atoms with Crippen LogP contribution in [0.5, 0.6) is 0 Å². The number of ether oxygens (including phenoxy) is 1. The predicted octanol–water partition coefficient (Wildman–Crippen LogP) is 4.31. The van der Waals surface area contributed by atoms with Crippen LogP contribution in [0.3, 0.4) is 0 Å². The van der Waals surface area contributed by atoms with Crippen molar-refractivity contribution < 1.29 is 22.1 Å². The third-order valence-electron chi connectivity index (χ3n) is 3.90. The SMILES string of the molecule is Cc1ccc(S(=O)(=O)OCCc2cccc(N(C)C(=O)OC(C)(C)C)c2)cc1. The molecule has 0 aliphatic carbocycles. The fourth-order valence-electron chi connectivity index (χ4n) is 2.40. The van der Waals surface area contributed by atoms with Gasteiger partial charge in [-0.3, -0.25) is 9.08 Å². The second-order valence-electron chi connectivity index (χ2n) is 7.55. The molecular weight excluding hydrogens is 378 g/mol. The van der Waals surface area contributed by atoms with Crippen molar-refractivity contribution >= 4 is 21.9 Å². The van der Waals surface area contributed by atoms with Crippen LogP contribution in [-0.2, 0) is 25.5 Å². The number of carbonyl (C=O) groups excluding carboxylic acids is 1. The Morgan fingerprint density at radius 3 is 2.32 bits per heavy atom. The van der Waals surface area contributed by atoms with Crippen LogP contribution in [0.4, 0.5) is 10.5 Å². The Kier molecular flexibility index (Phi) is 6.85. The van der Waals surface area contributed by atoms with Gasteiger partial charge >= 0.3 is 6.09 Å². The summed E-state index contributed by atoms with van der Waals surface area (Å²) in [5.41, 5.74) is 1.91. The maximum absolute atomic E-state index is 12.2. The minimum atomic E-state index is -3.79. The minimum Gasteiger partial charge on any atom is -0.443 e. The van der Waals surface area contributed by atoms with Gasteiger partial charge in [-0.25, -0.2) is 4.79 Å². The normalized spacial score (nSPS) is 11.9. The van der Waals surface area contributed by atoms with E-state index in [1.807, 2.05) is 19.1 Å². The molecule has 2 rings (SSSR count). The largest absolute Gasteiger partial charge is 0.443 e. The summed E-state index contributed by atoms with van der Waals surface area (Å²) in [5, 5.41) is 0. The first kappa shape index (κ1) is 21.9. The average molecular weight is 406 g/mol. The van der Waals surface area contributed by atoms with Gasteiger partial charge < -0.3 is 4.74 Å². The van der Waals surface area contributed by atoms with Gasteiger partial charge in [0.05, 0.1) is 11.5 Å². The summed E-state index contributed by atoms with van der Waals surface area (Å²) in [6.45, 7) is 7.32. The molecule has 0 saturated carbocycles. The molecule has 0 aliphatic heterocycles. The summed E-state index contributed by atoms with van der Waals surface area (Å²) < 4.78 is 35.0. The molecule has 2 aromatic carbocycles. The summed E-state index contributed by atoms with van der Waals surface area (Å²) in [6.07, 6.45) is -0.0657. The molecule has 0 spiro atoms.